The number of amides is 1. The maximum absolute atomic E-state index is 12.3. The van der Waals surface area contributed by atoms with E-state index in [0.29, 0.717) is 16.8 Å². The van der Waals surface area contributed by atoms with Crippen molar-refractivity contribution in [3.63, 3.8) is 0 Å². The van der Waals surface area contributed by atoms with E-state index in [2.05, 4.69) is 43.8 Å². The van der Waals surface area contributed by atoms with Crippen LogP contribution in [0.2, 0.25) is 0 Å². The smallest absolute Gasteiger partial charge is 0.335 e. The number of aryl methyl sites for hydroxylation is 1. The number of carboxylic acid groups (broad SMARTS) is 1. The molecule has 0 radical (unpaired) electrons. The van der Waals surface area contributed by atoms with Gasteiger partial charge in [0, 0.05) is 13.7 Å². The van der Waals surface area contributed by atoms with Crippen LogP contribution in [0.4, 0.5) is 5.69 Å². The molecule has 0 spiro atoms. The molecule has 0 aliphatic rings. The number of benzene rings is 2. The lowest BCUT2D eigenvalue weighted by Gasteiger charge is -2.10. The van der Waals surface area contributed by atoms with Gasteiger partial charge < -0.3 is 10.4 Å². The highest BCUT2D eigenvalue weighted by Gasteiger charge is 2.13. The van der Waals surface area contributed by atoms with Gasteiger partial charge in [-0.3, -0.25) is 4.79 Å². The third kappa shape index (κ3) is 3.82. The molecule has 0 atom stereocenters. The third-order valence-electron chi connectivity index (χ3n) is 2.89. The van der Waals surface area contributed by atoms with Crippen LogP contribution in [0.3, 0.4) is 0 Å². The number of carboxylic acids is 1. The number of nitrogens with one attached hydrogen (secondary N) is 1. The number of anilines is 1. The van der Waals surface area contributed by atoms with Gasteiger partial charge in [0.05, 0.1) is 11.1 Å². The topological polar surface area (TPSA) is 66.4 Å². The van der Waals surface area contributed by atoms with E-state index in [1.54, 1.807) is 19.1 Å². The first kappa shape index (κ1) is 16.0. The molecule has 21 heavy (non-hydrogen) atoms. The largest absolute Gasteiger partial charge is 0.478 e. The lowest BCUT2D eigenvalue weighted by molar-refractivity contribution is 0.0696. The summed E-state index contributed by atoms with van der Waals surface area (Å²) in [6.45, 7) is 1.76. The second-order valence-electron chi connectivity index (χ2n) is 4.41. The molecular formula is C15H11BrINO3. The van der Waals surface area contributed by atoms with E-state index < -0.39 is 5.97 Å². The van der Waals surface area contributed by atoms with Crippen LogP contribution in [0.25, 0.3) is 0 Å². The number of aromatic carboxylic acids is 1. The number of halogens is 2. The normalized spacial score (nSPS) is 10.2. The molecule has 0 aliphatic heterocycles. The van der Waals surface area contributed by atoms with Crippen molar-refractivity contribution >= 4 is 56.1 Å². The molecule has 2 rings (SSSR count). The van der Waals surface area contributed by atoms with Gasteiger partial charge in [-0.15, -0.1) is 0 Å². The highest BCUT2D eigenvalue weighted by atomic mass is 127. The Kier molecular flexibility index (Phi) is 5.00. The predicted octanol–water partition coefficient (Wildman–Crippen LogP) is 4.31. The lowest BCUT2D eigenvalue weighted by Crippen LogP contribution is -2.14. The number of carbonyl (C=O) groups is 2. The second-order valence-corrected chi connectivity index (χ2v) is 6.49. The summed E-state index contributed by atoms with van der Waals surface area (Å²) in [6.07, 6.45) is 0. The average molecular weight is 460 g/mol. The number of carbonyl (C=O) groups excluding carboxylic acids is 1. The van der Waals surface area contributed by atoms with Gasteiger partial charge in [0.25, 0.3) is 5.91 Å². The molecule has 0 saturated heterocycles. The summed E-state index contributed by atoms with van der Waals surface area (Å²) >= 11 is 5.44. The third-order valence-corrected chi connectivity index (χ3v) is 4.33. The van der Waals surface area contributed by atoms with Crippen LogP contribution in [-0.4, -0.2) is 17.0 Å². The van der Waals surface area contributed by atoms with Gasteiger partial charge in [-0.25, -0.2) is 4.79 Å². The predicted molar refractivity (Wildman–Crippen MR) is 93.0 cm³/mol. The van der Waals surface area contributed by atoms with E-state index in [1.165, 1.54) is 12.1 Å². The quantitative estimate of drug-likeness (QED) is 0.672. The van der Waals surface area contributed by atoms with E-state index in [1.807, 2.05) is 12.1 Å². The van der Waals surface area contributed by atoms with Crippen molar-refractivity contribution in [3.05, 3.63) is 61.1 Å². The molecule has 0 heterocycles. The molecule has 1 amide bonds. The van der Waals surface area contributed by atoms with Crippen molar-refractivity contribution in [3.8, 4) is 0 Å². The van der Waals surface area contributed by atoms with E-state index in [9.17, 15) is 9.59 Å². The molecule has 0 bridgehead atoms. The van der Waals surface area contributed by atoms with Crippen LogP contribution in [0.1, 0.15) is 26.3 Å². The highest BCUT2D eigenvalue weighted by molar-refractivity contribution is 14.1. The van der Waals surface area contributed by atoms with Gasteiger partial charge in [0.15, 0.2) is 0 Å². The molecule has 0 unspecified atom stereocenters. The number of rotatable bonds is 3. The van der Waals surface area contributed by atoms with Gasteiger partial charge in [-0.05, 0) is 71.5 Å². The van der Waals surface area contributed by atoms with Crippen LogP contribution in [-0.2, 0) is 0 Å². The zero-order valence-corrected chi connectivity index (χ0v) is 14.7. The fourth-order valence-electron chi connectivity index (χ4n) is 1.80. The fraction of sp³-hybridized carbons (Fsp3) is 0.0667. The second kappa shape index (κ2) is 6.57. The summed E-state index contributed by atoms with van der Waals surface area (Å²) in [5.74, 6) is -1.22. The average Bonchev–Trinajstić information content (AvgIpc) is 2.43. The van der Waals surface area contributed by atoms with Crippen LogP contribution in [0.5, 0.6) is 0 Å². The van der Waals surface area contributed by atoms with Crippen molar-refractivity contribution in [1.29, 1.82) is 0 Å². The minimum absolute atomic E-state index is 0.197. The van der Waals surface area contributed by atoms with Crippen LogP contribution in [0, 0.1) is 10.5 Å². The molecule has 2 aromatic rings. The Morgan fingerprint density at radius 1 is 1.19 bits per heavy atom. The van der Waals surface area contributed by atoms with E-state index in [4.69, 9.17) is 5.11 Å². The molecule has 4 nitrogen and oxygen atoms in total. The molecule has 2 aromatic carbocycles. The first-order valence-electron chi connectivity index (χ1n) is 5.99. The summed E-state index contributed by atoms with van der Waals surface area (Å²) in [5.41, 5.74) is 2.06. The van der Waals surface area contributed by atoms with E-state index in [0.717, 1.165) is 8.04 Å². The molecule has 2 N–H and O–H groups in total. The Morgan fingerprint density at radius 3 is 2.52 bits per heavy atom. The lowest BCUT2D eigenvalue weighted by atomic mass is 10.1. The Labute approximate surface area is 143 Å². The van der Waals surface area contributed by atoms with Gasteiger partial charge in [0.1, 0.15) is 0 Å². The zero-order valence-electron chi connectivity index (χ0n) is 11.0. The van der Waals surface area contributed by atoms with Crippen molar-refractivity contribution in [2.45, 2.75) is 6.92 Å². The van der Waals surface area contributed by atoms with Crippen molar-refractivity contribution < 1.29 is 14.7 Å². The Morgan fingerprint density at radius 2 is 1.90 bits per heavy atom. The Balaban J connectivity index is 2.27. The summed E-state index contributed by atoms with van der Waals surface area (Å²) in [4.78, 5) is 23.2. The summed E-state index contributed by atoms with van der Waals surface area (Å²) in [7, 11) is 0. The molecule has 0 aromatic heterocycles. The van der Waals surface area contributed by atoms with Crippen molar-refractivity contribution in [1.82, 2.24) is 0 Å². The summed E-state index contributed by atoms with van der Waals surface area (Å²) in [5, 5.41) is 11.7. The standard InChI is InChI=1S/C15H11BrINO3/c1-8-6-9(15(20)21)2-5-13(8)18-14(19)11-7-10(16)3-4-12(11)17/h2-7H,1H3,(H,18,19)(H,20,21). The first-order chi connectivity index (χ1) is 9.88. The molecule has 0 saturated carbocycles. The van der Waals surface area contributed by atoms with Gasteiger partial charge in [-0.2, -0.15) is 0 Å². The maximum Gasteiger partial charge on any atom is 0.335 e. The van der Waals surface area contributed by atoms with Gasteiger partial charge >= 0.3 is 5.97 Å². The molecule has 108 valence electrons. The van der Waals surface area contributed by atoms with Crippen LogP contribution in [0.15, 0.2) is 40.9 Å². The minimum atomic E-state index is -0.988. The van der Waals surface area contributed by atoms with E-state index >= 15 is 0 Å². The molecule has 0 aliphatic carbocycles. The highest BCUT2D eigenvalue weighted by Crippen LogP contribution is 2.22. The molecule has 0 fully saturated rings. The monoisotopic (exact) mass is 459 g/mol. The van der Waals surface area contributed by atoms with Crippen molar-refractivity contribution in [2.24, 2.45) is 0 Å². The summed E-state index contributed by atoms with van der Waals surface area (Å²) in [6, 6.07) is 10.1. The fourth-order valence-corrected chi connectivity index (χ4v) is 2.74. The zero-order chi connectivity index (χ0) is 15.6. The number of hydrogen-bond acceptors (Lipinski definition) is 2. The van der Waals surface area contributed by atoms with Crippen LogP contribution >= 0.6 is 38.5 Å². The maximum atomic E-state index is 12.3. The molecular weight excluding hydrogens is 449 g/mol. The Hall–Kier alpha value is -1.41. The van der Waals surface area contributed by atoms with Crippen molar-refractivity contribution in [2.75, 3.05) is 5.32 Å². The van der Waals surface area contributed by atoms with Gasteiger partial charge in [0.2, 0.25) is 0 Å². The minimum Gasteiger partial charge on any atom is -0.478 e. The van der Waals surface area contributed by atoms with Crippen LogP contribution < -0.4 is 5.32 Å². The van der Waals surface area contributed by atoms with Gasteiger partial charge in [-0.1, -0.05) is 15.9 Å². The summed E-state index contributed by atoms with van der Waals surface area (Å²) < 4.78 is 1.67. The number of hydrogen-bond donors (Lipinski definition) is 2. The molecule has 6 heteroatoms. The van der Waals surface area contributed by atoms with E-state index in [-0.39, 0.29) is 11.5 Å². The Bertz CT molecular complexity index is 731. The SMILES string of the molecule is Cc1cc(C(=O)O)ccc1NC(=O)c1cc(Br)ccc1I. The first-order valence-corrected chi connectivity index (χ1v) is 7.86.